The molecule has 0 saturated carbocycles. The van der Waals surface area contributed by atoms with E-state index >= 15 is 0 Å². The van der Waals surface area contributed by atoms with Crippen LogP contribution in [0, 0.1) is 12.7 Å². The Morgan fingerprint density at radius 1 is 0.930 bits per heavy atom. The largest absolute Gasteiger partial charge is 0.507 e. The topological polar surface area (TPSA) is 92.6 Å². The van der Waals surface area contributed by atoms with Crippen LogP contribution < -0.4 is 9.64 Å². The summed E-state index contributed by atoms with van der Waals surface area (Å²) in [6.45, 7) is 2.03. The van der Waals surface area contributed by atoms with Crippen molar-refractivity contribution in [3.8, 4) is 11.5 Å². The van der Waals surface area contributed by atoms with Gasteiger partial charge in [-0.2, -0.15) is 0 Å². The van der Waals surface area contributed by atoms with Crippen LogP contribution in [0.15, 0.2) is 113 Å². The van der Waals surface area contributed by atoms with Gasteiger partial charge in [-0.15, -0.1) is 10.2 Å². The third-order valence-corrected chi connectivity index (χ3v) is 8.93. The predicted octanol–water partition coefficient (Wildman–Crippen LogP) is 7.70. The smallest absolute Gasteiger partial charge is 0.301 e. The van der Waals surface area contributed by atoms with Crippen LogP contribution in [0.25, 0.3) is 5.76 Å². The van der Waals surface area contributed by atoms with Gasteiger partial charge in [0.05, 0.1) is 11.6 Å². The summed E-state index contributed by atoms with van der Waals surface area (Å²) in [5.41, 5.74) is 2.86. The van der Waals surface area contributed by atoms with Crippen molar-refractivity contribution in [1.29, 1.82) is 0 Å². The van der Waals surface area contributed by atoms with Crippen molar-refractivity contribution in [1.82, 2.24) is 10.2 Å². The number of rotatable bonds is 8. The lowest BCUT2D eigenvalue weighted by Crippen LogP contribution is -2.29. The minimum atomic E-state index is -1.03. The van der Waals surface area contributed by atoms with Gasteiger partial charge in [0.1, 0.15) is 23.1 Å². The second kappa shape index (κ2) is 12.2. The van der Waals surface area contributed by atoms with Crippen molar-refractivity contribution < 1.29 is 23.8 Å². The SMILES string of the molecule is Cc1ccc(CSc2nnc(N3C(=O)C(=O)C(=C(O)c4ccc(F)cc4)C3c3cccc(Oc4ccccc4)c3)s2)cc1. The number of halogens is 1. The first-order valence-electron chi connectivity index (χ1n) is 13.3. The normalized spacial score (nSPS) is 16.0. The van der Waals surface area contributed by atoms with Crippen molar-refractivity contribution in [3.63, 3.8) is 0 Å². The molecule has 0 radical (unpaired) electrons. The predicted molar refractivity (Wildman–Crippen MR) is 165 cm³/mol. The molecular weight excluding hydrogens is 586 g/mol. The highest BCUT2D eigenvalue weighted by atomic mass is 32.2. The summed E-state index contributed by atoms with van der Waals surface area (Å²) in [6.07, 6.45) is 0. The van der Waals surface area contributed by atoms with E-state index in [9.17, 15) is 19.1 Å². The zero-order valence-electron chi connectivity index (χ0n) is 22.8. The Kier molecular flexibility index (Phi) is 8.04. The molecule has 6 rings (SSSR count). The van der Waals surface area contributed by atoms with Crippen molar-refractivity contribution in [2.24, 2.45) is 0 Å². The first-order chi connectivity index (χ1) is 20.9. The van der Waals surface area contributed by atoms with Gasteiger partial charge in [0, 0.05) is 11.3 Å². The third kappa shape index (κ3) is 6.06. The second-order valence-electron chi connectivity index (χ2n) is 9.79. The molecule has 0 spiro atoms. The average Bonchev–Trinajstić information content (AvgIpc) is 3.59. The van der Waals surface area contributed by atoms with E-state index in [0.29, 0.717) is 27.2 Å². The molecule has 2 heterocycles. The van der Waals surface area contributed by atoms with E-state index < -0.39 is 29.3 Å². The molecule has 214 valence electrons. The molecule has 5 aromatic rings. The van der Waals surface area contributed by atoms with E-state index in [0.717, 1.165) is 5.56 Å². The average molecular weight is 610 g/mol. The van der Waals surface area contributed by atoms with Crippen LogP contribution in [0.2, 0.25) is 0 Å². The zero-order chi connectivity index (χ0) is 29.9. The van der Waals surface area contributed by atoms with E-state index in [1.165, 1.54) is 57.8 Å². The fraction of sp³-hybridized carbons (Fsp3) is 0.0909. The number of carbonyl (C=O) groups is 2. The third-order valence-electron chi connectivity index (χ3n) is 6.80. The molecule has 1 amide bonds. The molecule has 1 saturated heterocycles. The minimum Gasteiger partial charge on any atom is -0.507 e. The molecule has 1 fully saturated rings. The van der Waals surface area contributed by atoms with E-state index in [1.54, 1.807) is 24.3 Å². The van der Waals surface area contributed by atoms with Crippen LogP contribution >= 0.6 is 23.1 Å². The maximum atomic E-state index is 13.6. The number of ketones is 1. The monoisotopic (exact) mass is 609 g/mol. The summed E-state index contributed by atoms with van der Waals surface area (Å²) in [5, 5.41) is 20.1. The summed E-state index contributed by atoms with van der Waals surface area (Å²) >= 11 is 2.66. The number of aliphatic hydroxyl groups is 1. The van der Waals surface area contributed by atoms with Crippen LogP contribution in [0.4, 0.5) is 9.52 Å². The molecule has 1 atom stereocenters. The van der Waals surface area contributed by atoms with E-state index in [-0.39, 0.29) is 16.3 Å². The highest BCUT2D eigenvalue weighted by Crippen LogP contribution is 2.44. The van der Waals surface area contributed by atoms with Crippen LogP contribution in [0.1, 0.15) is 28.3 Å². The Morgan fingerprint density at radius 3 is 2.40 bits per heavy atom. The quantitative estimate of drug-likeness (QED) is 0.0634. The number of benzene rings is 4. The molecule has 0 aliphatic carbocycles. The molecule has 10 heteroatoms. The minimum absolute atomic E-state index is 0.141. The number of hydrogen-bond donors (Lipinski definition) is 1. The number of amides is 1. The number of aromatic nitrogens is 2. The molecule has 43 heavy (non-hydrogen) atoms. The van der Waals surface area contributed by atoms with Crippen LogP contribution in [0.3, 0.4) is 0 Å². The fourth-order valence-corrected chi connectivity index (χ4v) is 6.49. The van der Waals surface area contributed by atoms with E-state index in [2.05, 4.69) is 10.2 Å². The number of para-hydroxylation sites is 1. The van der Waals surface area contributed by atoms with Crippen LogP contribution in [-0.2, 0) is 15.3 Å². The fourth-order valence-electron chi connectivity index (χ4n) is 4.67. The number of hydrogen-bond acceptors (Lipinski definition) is 8. The standard InChI is InChI=1S/C33H24FN3O4S2/c1-20-10-12-21(13-11-20)19-42-33-36-35-32(43-33)37-28(23-6-5-9-26(18-23)41-25-7-3-2-4-8-25)27(30(39)31(37)40)29(38)22-14-16-24(34)17-15-22/h2-18,28,38H,19H2,1H3. The number of anilines is 1. The maximum Gasteiger partial charge on any atom is 0.301 e. The van der Waals surface area contributed by atoms with Crippen molar-refractivity contribution >= 4 is 45.7 Å². The first-order valence-corrected chi connectivity index (χ1v) is 15.1. The number of carbonyl (C=O) groups excluding carboxylic acids is 2. The number of thioether (sulfide) groups is 1. The highest BCUT2D eigenvalue weighted by molar-refractivity contribution is 8.00. The second-order valence-corrected chi connectivity index (χ2v) is 12.0. The first kappa shape index (κ1) is 28.3. The Labute approximate surface area is 255 Å². The van der Waals surface area contributed by atoms with Gasteiger partial charge in [-0.05, 0) is 66.6 Å². The van der Waals surface area contributed by atoms with Gasteiger partial charge >= 0.3 is 5.91 Å². The van der Waals surface area contributed by atoms with Crippen LogP contribution in [-0.4, -0.2) is 27.0 Å². The van der Waals surface area contributed by atoms with Gasteiger partial charge in [-0.1, -0.05) is 83.3 Å². The van der Waals surface area contributed by atoms with Gasteiger partial charge in [-0.25, -0.2) is 4.39 Å². The van der Waals surface area contributed by atoms with Crippen molar-refractivity contribution in [2.75, 3.05) is 4.90 Å². The van der Waals surface area contributed by atoms with Gasteiger partial charge in [0.15, 0.2) is 4.34 Å². The Hall–Kier alpha value is -4.80. The summed E-state index contributed by atoms with van der Waals surface area (Å²) in [7, 11) is 0. The van der Waals surface area contributed by atoms with Gasteiger partial charge in [0.25, 0.3) is 5.78 Å². The van der Waals surface area contributed by atoms with Crippen LogP contribution in [0.5, 0.6) is 11.5 Å². The van der Waals surface area contributed by atoms with Crippen molar-refractivity contribution in [2.45, 2.75) is 23.1 Å². The molecular formula is C33H24FN3O4S2. The van der Waals surface area contributed by atoms with Gasteiger partial charge < -0.3 is 9.84 Å². The highest BCUT2D eigenvalue weighted by Gasteiger charge is 2.48. The van der Waals surface area contributed by atoms with E-state index in [4.69, 9.17) is 4.74 Å². The van der Waals surface area contributed by atoms with Gasteiger partial charge in [-0.3, -0.25) is 14.5 Å². The lowest BCUT2D eigenvalue weighted by Gasteiger charge is -2.23. The summed E-state index contributed by atoms with van der Waals surface area (Å²) in [5.74, 6) is -0.912. The molecule has 1 aliphatic rings. The molecule has 7 nitrogen and oxygen atoms in total. The number of aryl methyl sites for hydroxylation is 1. The van der Waals surface area contributed by atoms with Crippen molar-refractivity contribution in [3.05, 3.63) is 137 Å². The molecule has 0 bridgehead atoms. The zero-order valence-corrected chi connectivity index (χ0v) is 24.4. The summed E-state index contributed by atoms with van der Waals surface area (Å²) in [6, 6.07) is 28.3. The van der Waals surface area contributed by atoms with Gasteiger partial charge in [0.2, 0.25) is 5.13 Å². The molecule has 1 aliphatic heterocycles. The molecule has 4 aromatic carbocycles. The lowest BCUT2D eigenvalue weighted by atomic mass is 9.95. The maximum absolute atomic E-state index is 13.6. The number of ether oxygens (including phenoxy) is 1. The lowest BCUT2D eigenvalue weighted by molar-refractivity contribution is -0.132. The number of Topliss-reactive ketones (excluding diaryl/α,β-unsaturated/α-hetero) is 1. The Bertz CT molecular complexity index is 1820. The molecule has 1 N–H and O–H groups in total. The summed E-state index contributed by atoms with van der Waals surface area (Å²) in [4.78, 5) is 28.3. The summed E-state index contributed by atoms with van der Waals surface area (Å²) < 4.78 is 20.3. The Balaban J connectivity index is 1.39. The number of nitrogens with zero attached hydrogens (tertiary/aromatic N) is 3. The number of aliphatic hydroxyl groups excluding tert-OH is 1. The molecule has 1 unspecified atom stereocenters. The Morgan fingerprint density at radius 2 is 1.65 bits per heavy atom. The molecule has 1 aromatic heterocycles. The van der Waals surface area contributed by atoms with E-state index in [1.807, 2.05) is 61.5 Å².